The van der Waals surface area contributed by atoms with Gasteiger partial charge in [0.25, 0.3) is 5.56 Å². The van der Waals surface area contributed by atoms with Crippen LogP contribution in [0.25, 0.3) is 11.1 Å². The van der Waals surface area contributed by atoms with E-state index in [1.165, 1.54) is 32.8 Å². The third kappa shape index (κ3) is 4.52. The minimum Gasteiger partial charge on any atom is -0.306 e. The molecule has 1 aliphatic heterocycles. The zero-order valence-electron chi connectivity index (χ0n) is 17.3. The number of aromatic nitrogens is 1. The molecule has 160 valence electrons. The van der Waals surface area contributed by atoms with Crippen LogP contribution >= 0.6 is 0 Å². The lowest BCUT2D eigenvalue weighted by atomic mass is 10.0. The van der Waals surface area contributed by atoms with E-state index < -0.39 is 15.6 Å². The Kier molecular flexibility index (Phi) is 5.89. The first-order valence-corrected chi connectivity index (χ1v) is 11.7. The highest BCUT2D eigenvalue weighted by molar-refractivity contribution is 7.89. The number of rotatable bonds is 6. The lowest BCUT2D eigenvalue weighted by Crippen LogP contribution is -2.30. The first-order chi connectivity index (χ1) is 14.8. The van der Waals surface area contributed by atoms with E-state index in [4.69, 9.17) is 0 Å². The van der Waals surface area contributed by atoms with Crippen LogP contribution in [-0.4, -0.2) is 36.2 Å². The van der Waals surface area contributed by atoms with Gasteiger partial charge in [-0.25, -0.2) is 8.42 Å². The van der Waals surface area contributed by atoms with Crippen molar-refractivity contribution in [2.24, 2.45) is 0 Å². The molecule has 1 aromatic heterocycles. The summed E-state index contributed by atoms with van der Waals surface area (Å²) in [4.78, 5) is 25.1. The van der Waals surface area contributed by atoms with E-state index in [1.54, 1.807) is 12.1 Å². The Morgan fingerprint density at radius 3 is 2.06 bits per heavy atom. The normalized spacial score (nSPS) is 14.6. The molecule has 1 aliphatic rings. The van der Waals surface area contributed by atoms with E-state index in [-0.39, 0.29) is 17.2 Å². The van der Waals surface area contributed by atoms with Gasteiger partial charge in [0.15, 0.2) is 5.78 Å². The Hall–Kier alpha value is -3.03. The Morgan fingerprint density at radius 1 is 0.871 bits per heavy atom. The fraction of sp³-hybridized carbons (Fsp3) is 0.250. The third-order valence-electron chi connectivity index (χ3n) is 5.56. The topological polar surface area (TPSA) is 76.5 Å². The van der Waals surface area contributed by atoms with Crippen molar-refractivity contribution in [3.8, 4) is 11.1 Å². The number of hydrogen-bond acceptors (Lipinski definition) is 4. The standard InChI is InChI=1S/C24H24N2O4S/c1-18-4-6-19(7-5-18)20-8-10-21(11-9-20)23(27)17-25-16-22(12-13-24(25)28)31(29,30)26-14-2-3-15-26/h4-13,16H,2-3,14-15,17H2,1H3. The van der Waals surface area contributed by atoms with Crippen LogP contribution < -0.4 is 5.56 Å². The van der Waals surface area contributed by atoms with Gasteiger partial charge < -0.3 is 4.57 Å². The van der Waals surface area contributed by atoms with E-state index >= 15 is 0 Å². The lowest BCUT2D eigenvalue weighted by molar-refractivity contribution is 0.0970. The Labute approximate surface area is 181 Å². The van der Waals surface area contributed by atoms with Crippen molar-refractivity contribution >= 4 is 15.8 Å². The van der Waals surface area contributed by atoms with Crippen molar-refractivity contribution in [1.29, 1.82) is 0 Å². The quantitative estimate of drug-likeness (QED) is 0.554. The van der Waals surface area contributed by atoms with Crippen LogP contribution in [0.1, 0.15) is 28.8 Å². The van der Waals surface area contributed by atoms with Crippen LogP contribution in [0.4, 0.5) is 0 Å². The van der Waals surface area contributed by atoms with Gasteiger partial charge in [0, 0.05) is 30.9 Å². The van der Waals surface area contributed by atoms with Crippen molar-refractivity contribution < 1.29 is 13.2 Å². The van der Waals surface area contributed by atoms with Gasteiger partial charge in [-0.15, -0.1) is 0 Å². The molecule has 0 atom stereocenters. The zero-order chi connectivity index (χ0) is 22.0. The van der Waals surface area contributed by atoms with E-state index in [0.29, 0.717) is 18.7 Å². The maximum absolute atomic E-state index is 12.8. The maximum Gasteiger partial charge on any atom is 0.251 e. The van der Waals surface area contributed by atoms with Crippen LogP contribution in [0.15, 0.2) is 76.6 Å². The highest BCUT2D eigenvalue weighted by atomic mass is 32.2. The fourth-order valence-corrected chi connectivity index (χ4v) is 5.24. The van der Waals surface area contributed by atoms with Gasteiger partial charge in [0.05, 0.1) is 11.4 Å². The van der Waals surface area contributed by atoms with Crippen LogP contribution in [-0.2, 0) is 16.6 Å². The minimum absolute atomic E-state index is 0.0384. The molecular weight excluding hydrogens is 412 g/mol. The molecule has 0 N–H and O–H groups in total. The van der Waals surface area contributed by atoms with Crippen LogP contribution in [0.5, 0.6) is 0 Å². The molecule has 1 fully saturated rings. The number of pyridine rings is 1. The summed E-state index contributed by atoms with van der Waals surface area (Å²) in [5.74, 6) is -0.256. The molecule has 1 saturated heterocycles. The van der Waals surface area contributed by atoms with Crippen molar-refractivity contribution in [3.05, 3.63) is 88.3 Å². The molecule has 0 aliphatic carbocycles. The predicted molar refractivity (Wildman–Crippen MR) is 120 cm³/mol. The van der Waals surface area contributed by atoms with E-state index in [2.05, 4.69) is 0 Å². The molecule has 7 heteroatoms. The van der Waals surface area contributed by atoms with Crippen LogP contribution in [0, 0.1) is 6.92 Å². The molecular formula is C24H24N2O4S. The molecule has 0 radical (unpaired) electrons. The number of Topliss-reactive ketones (excluding diaryl/α,β-unsaturated/α-hetero) is 1. The smallest absolute Gasteiger partial charge is 0.251 e. The molecule has 0 saturated carbocycles. The second kappa shape index (κ2) is 8.61. The van der Waals surface area contributed by atoms with Gasteiger partial charge in [-0.3, -0.25) is 9.59 Å². The lowest BCUT2D eigenvalue weighted by Gasteiger charge is -2.16. The summed E-state index contributed by atoms with van der Waals surface area (Å²) in [6.07, 6.45) is 2.93. The molecule has 0 amide bonds. The van der Waals surface area contributed by atoms with E-state index in [0.717, 1.165) is 24.0 Å². The summed E-state index contributed by atoms with van der Waals surface area (Å²) in [6.45, 7) is 2.77. The summed E-state index contributed by atoms with van der Waals surface area (Å²) in [5, 5.41) is 0. The molecule has 0 bridgehead atoms. The van der Waals surface area contributed by atoms with Crippen molar-refractivity contribution in [2.45, 2.75) is 31.2 Å². The first kappa shape index (κ1) is 21.2. The highest BCUT2D eigenvalue weighted by Gasteiger charge is 2.27. The average molecular weight is 437 g/mol. The Bertz CT molecular complexity index is 1250. The fourth-order valence-electron chi connectivity index (χ4n) is 3.70. The minimum atomic E-state index is -3.66. The van der Waals surface area contributed by atoms with Crippen molar-refractivity contribution in [1.82, 2.24) is 8.87 Å². The first-order valence-electron chi connectivity index (χ1n) is 10.3. The number of aryl methyl sites for hydroxylation is 1. The van der Waals surface area contributed by atoms with Crippen LogP contribution in [0.2, 0.25) is 0 Å². The molecule has 2 aromatic carbocycles. The molecule has 0 unspecified atom stereocenters. The molecule has 31 heavy (non-hydrogen) atoms. The largest absolute Gasteiger partial charge is 0.306 e. The number of carbonyl (C=O) groups is 1. The summed E-state index contributed by atoms with van der Waals surface area (Å²) in [6, 6.07) is 17.8. The zero-order valence-corrected chi connectivity index (χ0v) is 18.1. The van der Waals surface area contributed by atoms with Gasteiger partial charge >= 0.3 is 0 Å². The molecule has 0 spiro atoms. The summed E-state index contributed by atoms with van der Waals surface area (Å²) in [5.41, 5.74) is 3.28. The monoisotopic (exact) mass is 436 g/mol. The summed E-state index contributed by atoms with van der Waals surface area (Å²) in [7, 11) is -3.66. The number of carbonyl (C=O) groups excluding carboxylic acids is 1. The van der Waals surface area contributed by atoms with Crippen molar-refractivity contribution in [3.63, 3.8) is 0 Å². The maximum atomic E-state index is 12.8. The number of benzene rings is 2. The van der Waals surface area contributed by atoms with E-state index in [1.807, 2.05) is 43.3 Å². The second-order valence-electron chi connectivity index (χ2n) is 7.81. The Morgan fingerprint density at radius 2 is 1.45 bits per heavy atom. The highest BCUT2D eigenvalue weighted by Crippen LogP contribution is 2.21. The summed E-state index contributed by atoms with van der Waals surface area (Å²) >= 11 is 0. The SMILES string of the molecule is Cc1ccc(-c2ccc(C(=O)Cn3cc(S(=O)(=O)N4CCCC4)ccc3=O)cc2)cc1. The number of nitrogens with zero attached hydrogens (tertiary/aromatic N) is 2. The average Bonchev–Trinajstić information content (AvgIpc) is 3.32. The van der Waals surface area contributed by atoms with Crippen molar-refractivity contribution in [2.75, 3.05) is 13.1 Å². The third-order valence-corrected chi connectivity index (χ3v) is 7.45. The Balaban J connectivity index is 1.54. The molecule has 4 rings (SSSR count). The number of ketones is 1. The van der Waals surface area contributed by atoms with E-state index in [9.17, 15) is 18.0 Å². The van der Waals surface area contributed by atoms with Gasteiger partial charge in [0.2, 0.25) is 10.0 Å². The number of sulfonamides is 1. The van der Waals surface area contributed by atoms with Gasteiger partial charge in [-0.05, 0) is 37.0 Å². The predicted octanol–water partition coefficient (Wildman–Crippen LogP) is 3.49. The molecule has 3 aromatic rings. The summed E-state index contributed by atoms with van der Waals surface area (Å²) < 4.78 is 28.1. The van der Waals surface area contributed by atoms with Gasteiger partial charge in [-0.2, -0.15) is 4.31 Å². The second-order valence-corrected chi connectivity index (χ2v) is 9.75. The number of hydrogen-bond donors (Lipinski definition) is 0. The molecule has 2 heterocycles. The molecule has 6 nitrogen and oxygen atoms in total. The van der Waals surface area contributed by atoms with Gasteiger partial charge in [0.1, 0.15) is 0 Å². The van der Waals surface area contributed by atoms with Crippen LogP contribution in [0.3, 0.4) is 0 Å². The van der Waals surface area contributed by atoms with Gasteiger partial charge in [-0.1, -0.05) is 54.1 Å².